The van der Waals surface area contributed by atoms with Crippen molar-refractivity contribution >= 4 is 5.69 Å². The highest BCUT2D eigenvalue weighted by molar-refractivity contribution is 5.62. The number of β-amino-alcohol motifs (C(OH)–C–C–N with tert-alkyl or cyclic N) is 1. The van der Waals surface area contributed by atoms with E-state index >= 15 is 0 Å². The number of aliphatic hydroxyl groups is 2. The van der Waals surface area contributed by atoms with E-state index in [1.807, 2.05) is 56.3 Å². The first-order valence-corrected chi connectivity index (χ1v) is 12.7. The number of aromatic nitrogens is 1. The van der Waals surface area contributed by atoms with Crippen molar-refractivity contribution in [3.63, 3.8) is 0 Å². The molecule has 1 aliphatic heterocycles. The van der Waals surface area contributed by atoms with Crippen molar-refractivity contribution in [3.05, 3.63) is 83.7 Å². The van der Waals surface area contributed by atoms with Crippen LogP contribution in [0.15, 0.2) is 66.9 Å². The molecule has 8 nitrogen and oxygen atoms in total. The maximum absolute atomic E-state index is 11.0. The number of pyridine rings is 1. The Labute approximate surface area is 218 Å². The summed E-state index contributed by atoms with van der Waals surface area (Å²) < 4.78 is 5.55. The first-order chi connectivity index (χ1) is 17.6. The molecule has 0 spiro atoms. The van der Waals surface area contributed by atoms with E-state index in [0.29, 0.717) is 25.4 Å². The topological polar surface area (TPSA) is 115 Å². The lowest BCUT2D eigenvalue weighted by molar-refractivity contribution is 0.100. The third-order valence-electron chi connectivity index (χ3n) is 6.66. The van der Waals surface area contributed by atoms with Gasteiger partial charge in [-0.15, -0.1) is 0 Å². The number of phenolic OH excluding ortho intramolecular Hbond substituents is 1. The highest BCUT2D eigenvalue weighted by Gasteiger charge is 2.31. The SMILES string of the molecule is CC(O)COc1ccc(N2CCN(CC(O)c3ccc(C(C)(C)N)nc3)C[C@H]2c2ccccc2)c(O)c1. The molecule has 2 unspecified atom stereocenters. The molecule has 1 aromatic heterocycles. The second-order valence-electron chi connectivity index (χ2n) is 10.4. The maximum atomic E-state index is 11.0. The van der Waals surface area contributed by atoms with Gasteiger partial charge in [-0.3, -0.25) is 9.88 Å². The Morgan fingerprint density at radius 2 is 1.84 bits per heavy atom. The molecule has 0 bridgehead atoms. The van der Waals surface area contributed by atoms with E-state index < -0.39 is 17.7 Å². The van der Waals surface area contributed by atoms with Crippen molar-refractivity contribution in [1.82, 2.24) is 9.88 Å². The lowest BCUT2D eigenvalue weighted by Gasteiger charge is -2.43. The van der Waals surface area contributed by atoms with Gasteiger partial charge < -0.3 is 30.7 Å². The summed E-state index contributed by atoms with van der Waals surface area (Å²) in [6, 6.07) is 19.2. The van der Waals surface area contributed by atoms with Crippen LogP contribution in [0.25, 0.3) is 0 Å². The first kappa shape index (κ1) is 26.9. The van der Waals surface area contributed by atoms with Crippen LogP contribution in [-0.2, 0) is 5.54 Å². The molecule has 1 aliphatic rings. The fourth-order valence-corrected chi connectivity index (χ4v) is 4.64. The van der Waals surface area contributed by atoms with Crippen molar-refractivity contribution in [3.8, 4) is 11.5 Å². The van der Waals surface area contributed by atoms with Gasteiger partial charge in [-0.25, -0.2) is 0 Å². The van der Waals surface area contributed by atoms with Gasteiger partial charge in [0.2, 0.25) is 0 Å². The highest BCUT2D eigenvalue weighted by Crippen LogP contribution is 2.38. The number of piperazine rings is 1. The number of hydrogen-bond acceptors (Lipinski definition) is 8. The van der Waals surface area contributed by atoms with Crippen LogP contribution in [0.1, 0.15) is 49.7 Å². The maximum Gasteiger partial charge on any atom is 0.142 e. The van der Waals surface area contributed by atoms with Crippen LogP contribution in [-0.4, -0.2) is 64.1 Å². The Hall–Kier alpha value is -3.17. The molecule has 0 radical (unpaired) electrons. The largest absolute Gasteiger partial charge is 0.506 e. The zero-order valence-electron chi connectivity index (χ0n) is 21.8. The van der Waals surface area contributed by atoms with E-state index in [0.717, 1.165) is 29.1 Å². The minimum absolute atomic E-state index is 0.0178. The number of hydrogen-bond donors (Lipinski definition) is 4. The number of benzene rings is 2. The van der Waals surface area contributed by atoms with E-state index in [-0.39, 0.29) is 18.4 Å². The number of aromatic hydroxyl groups is 1. The van der Waals surface area contributed by atoms with Gasteiger partial charge in [0.05, 0.1) is 35.2 Å². The predicted molar refractivity (Wildman–Crippen MR) is 145 cm³/mol. The van der Waals surface area contributed by atoms with Crippen molar-refractivity contribution < 1.29 is 20.1 Å². The quantitative estimate of drug-likeness (QED) is 0.349. The van der Waals surface area contributed by atoms with E-state index in [2.05, 4.69) is 26.9 Å². The number of rotatable bonds is 9. The molecule has 3 atom stereocenters. The van der Waals surface area contributed by atoms with Crippen molar-refractivity contribution in [2.24, 2.45) is 5.73 Å². The molecule has 0 aliphatic carbocycles. The standard InChI is InChI=1S/C29H38N4O4/c1-20(34)19-37-23-10-11-24(26(35)15-23)33-14-13-32(17-25(33)21-7-5-4-6-8-21)18-27(36)22-9-12-28(31-16-22)29(2,3)30/h4-12,15-16,20,25,27,34-36H,13-14,17-19,30H2,1-3H3/t20?,25-,27?/m0/s1. The van der Waals surface area contributed by atoms with Crippen LogP contribution in [0.2, 0.25) is 0 Å². The van der Waals surface area contributed by atoms with Crippen molar-refractivity contribution in [1.29, 1.82) is 0 Å². The van der Waals surface area contributed by atoms with Crippen LogP contribution in [0, 0.1) is 0 Å². The summed E-state index contributed by atoms with van der Waals surface area (Å²) in [7, 11) is 0. The lowest BCUT2D eigenvalue weighted by Crippen LogP contribution is -2.49. The number of nitrogens with two attached hydrogens (primary N) is 1. The molecular weight excluding hydrogens is 468 g/mol. The average Bonchev–Trinajstić information content (AvgIpc) is 2.88. The Morgan fingerprint density at radius 3 is 2.46 bits per heavy atom. The lowest BCUT2D eigenvalue weighted by atomic mass is 9.99. The van der Waals surface area contributed by atoms with Crippen LogP contribution in [0.5, 0.6) is 11.5 Å². The van der Waals surface area contributed by atoms with Crippen LogP contribution in [0.4, 0.5) is 5.69 Å². The summed E-state index contributed by atoms with van der Waals surface area (Å²) in [6.45, 7) is 8.18. The van der Waals surface area contributed by atoms with Gasteiger partial charge in [-0.1, -0.05) is 36.4 Å². The third kappa shape index (κ3) is 6.78. The highest BCUT2D eigenvalue weighted by atomic mass is 16.5. The average molecular weight is 507 g/mol. The fourth-order valence-electron chi connectivity index (χ4n) is 4.64. The van der Waals surface area contributed by atoms with Gasteiger partial charge in [0, 0.05) is 44.0 Å². The Balaban J connectivity index is 1.50. The summed E-state index contributed by atoms with van der Waals surface area (Å²) in [5.74, 6) is 0.643. The van der Waals surface area contributed by atoms with Crippen molar-refractivity contribution in [2.75, 3.05) is 37.7 Å². The molecular formula is C29H38N4O4. The number of anilines is 1. The first-order valence-electron chi connectivity index (χ1n) is 12.7. The van der Waals surface area contributed by atoms with E-state index in [9.17, 15) is 15.3 Å². The molecule has 0 saturated carbocycles. The number of nitrogens with zero attached hydrogens (tertiary/aromatic N) is 3. The van der Waals surface area contributed by atoms with Crippen LogP contribution in [0.3, 0.4) is 0 Å². The number of aliphatic hydroxyl groups excluding tert-OH is 2. The van der Waals surface area contributed by atoms with Gasteiger partial charge in [-0.2, -0.15) is 0 Å². The van der Waals surface area contributed by atoms with Gasteiger partial charge >= 0.3 is 0 Å². The van der Waals surface area contributed by atoms with Gasteiger partial charge in [0.1, 0.15) is 18.1 Å². The zero-order valence-corrected chi connectivity index (χ0v) is 21.8. The van der Waals surface area contributed by atoms with Gasteiger partial charge in [0.25, 0.3) is 0 Å². The summed E-state index contributed by atoms with van der Waals surface area (Å²) in [6.07, 6.45) is 0.441. The zero-order chi connectivity index (χ0) is 26.6. The molecule has 3 aromatic rings. The molecule has 37 heavy (non-hydrogen) atoms. The molecule has 1 saturated heterocycles. The molecule has 2 heterocycles. The Morgan fingerprint density at radius 1 is 1.08 bits per heavy atom. The van der Waals surface area contributed by atoms with Crippen molar-refractivity contribution in [2.45, 2.75) is 44.6 Å². The van der Waals surface area contributed by atoms with E-state index in [4.69, 9.17) is 10.5 Å². The number of ether oxygens (including phenoxy) is 1. The molecule has 198 valence electrons. The summed E-state index contributed by atoms with van der Waals surface area (Å²) in [5.41, 5.74) is 9.00. The normalized spacial score (nSPS) is 18.4. The summed E-state index contributed by atoms with van der Waals surface area (Å²) in [4.78, 5) is 8.90. The second-order valence-corrected chi connectivity index (χ2v) is 10.4. The third-order valence-corrected chi connectivity index (χ3v) is 6.66. The smallest absolute Gasteiger partial charge is 0.142 e. The Bertz CT molecular complexity index is 1150. The fraction of sp³-hybridized carbons (Fsp3) is 0.414. The molecule has 4 rings (SSSR count). The summed E-state index contributed by atoms with van der Waals surface area (Å²) >= 11 is 0. The molecule has 2 aromatic carbocycles. The van der Waals surface area contributed by atoms with Crippen LogP contribution >= 0.6 is 0 Å². The van der Waals surface area contributed by atoms with E-state index in [1.54, 1.807) is 19.2 Å². The molecule has 8 heteroatoms. The molecule has 1 fully saturated rings. The monoisotopic (exact) mass is 506 g/mol. The summed E-state index contributed by atoms with van der Waals surface area (Å²) in [5, 5.41) is 31.3. The van der Waals surface area contributed by atoms with Gasteiger partial charge in [-0.05, 0) is 44.5 Å². The molecule has 0 amide bonds. The van der Waals surface area contributed by atoms with Gasteiger partial charge in [0.15, 0.2) is 0 Å². The minimum Gasteiger partial charge on any atom is -0.506 e. The predicted octanol–water partition coefficient (Wildman–Crippen LogP) is 3.34. The number of phenols is 1. The van der Waals surface area contributed by atoms with E-state index in [1.165, 1.54) is 0 Å². The Kier molecular flexibility index (Phi) is 8.34. The van der Waals surface area contributed by atoms with Crippen LogP contribution < -0.4 is 15.4 Å². The second kappa shape index (κ2) is 11.5. The minimum atomic E-state index is -0.677. The molecule has 5 N–H and O–H groups in total.